The molecular formula is C21H26ClN3O2. The molecule has 27 heavy (non-hydrogen) atoms. The van der Waals surface area contributed by atoms with Gasteiger partial charge in [0.2, 0.25) is 0 Å². The largest absolute Gasteiger partial charge is 0.494 e. The van der Waals surface area contributed by atoms with Gasteiger partial charge in [0.05, 0.1) is 23.0 Å². The third-order valence-electron chi connectivity index (χ3n) is 4.75. The zero-order valence-corrected chi connectivity index (χ0v) is 16.4. The molecule has 144 valence electrons. The molecule has 1 fully saturated rings. The number of para-hydroxylation sites is 1. The van der Waals surface area contributed by atoms with Crippen molar-refractivity contribution in [1.29, 1.82) is 0 Å². The Bertz CT molecular complexity index is 768. The van der Waals surface area contributed by atoms with E-state index >= 15 is 0 Å². The highest BCUT2D eigenvalue weighted by Crippen LogP contribution is 2.32. The molecule has 0 radical (unpaired) electrons. The first-order valence-electron chi connectivity index (χ1n) is 9.41. The highest BCUT2D eigenvalue weighted by molar-refractivity contribution is 6.34. The molecule has 2 aromatic rings. The topological polar surface area (TPSA) is 58.8 Å². The Morgan fingerprint density at radius 2 is 1.89 bits per heavy atom. The Hall–Kier alpha value is -2.40. The Labute approximate surface area is 165 Å². The van der Waals surface area contributed by atoms with Gasteiger partial charge in [0, 0.05) is 31.7 Å². The summed E-state index contributed by atoms with van der Waals surface area (Å²) in [6, 6.07) is 13.0. The van der Waals surface area contributed by atoms with E-state index in [1.54, 1.807) is 0 Å². The molecule has 5 nitrogen and oxygen atoms in total. The molecule has 2 aromatic carbocycles. The van der Waals surface area contributed by atoms with Crippen molar-refractivity contribution in [2.45, 2.75) is 19.8 Å². The standard InChI is InChI=1S/C21H26ClN3O2/c1-2-3-14-27-17-7-4-6-16(15-17)21(26)25-12-10-24(11-13-25)20-18(22)8-5-9-19(20)23/h4-9,15H,2-3,10-14,23H2,1H3. The maximum Gasteiger partial charge on any atom is 0.254 e. The lowest BCUT2D eigenvalue weighted by Gasteiger charge is -2.37. The van der Waals surface area contributed by atoms with E-state index < -0.39 is 0 Å². The van der Waals surface area contributed by atoms with Crippen molar-refractivity contribution >= 4 is 28.9 Å². The Balaban J connectivity index is 1.62. The number of carbonyl (C=O) groups excluding carboxylic acids is 1. The Kier molecular flexibility index (Phi) is 6.45. The highest BCUT2D eigenvalue weighted by Gasteiger charge is 2.24. The number of nitrogens with two attached hydrogens (primary N) is 1. The molecule has 0 atom stereocenters. The lowest BCUT2D eigenvalue weighted by atomic mass is 10.1. The third kappa shape index (κ3) is 4.66. The number of rotatable bonds is 6. The van der Waals surface area contributed by atoms with E-state index in [-0.39, 0.29) is 5.91 Å². The fourth-order valence-electron chi connectivity index (χ4n) is 3.23. The van der Waals surface area contributed by atoms with Crippen LogP contribution in [0.1, 0.15) is 30.1 Å². The number of benzene rings is 2. The van der Waals surface area contributed by atoms with E-state index in [0.717, 1.165) is 24.3 Å². The quantitative estimate of drug-likeness (QED) is 0.599. The summed E-state index contributed by atoms with van der Waals surface area (Å²) in [5.41, 5.74) is 8.27. The van der Waals surface area contributed by atoms with Crippen LogP contribution in [0.25, 0.3) is 0 Å². The van der Waals surface area contributed by atoms with Gasteiger partial charge in [-0.15, -0.1) is 0 Å². The van der Waals surface area contributed by atoms with E-state index in [4.69, 9.17) is 22.1 Å². The zero-order valence-electron chi connectivity index (χ0n) is 15.7. The number of unbranched alkanes of at least 4 members (excludes halogenated alkanes) is 1. The summed E-state index contributed by atoms with van der Waals surface area (Å²) >= 11 is 6.31. The van der Waals surface area contributed by atoms with Crippen LogP contribution in [0.5, 0.6) is 5.75 Å². The van der Waals surface area contributed by atoms with Gasteiger partial charge in [0.15, 0.2) is 0 Å². The van der Waals surface area contributed by atoms with Crippen molar-refractivity contribution in [3.05, 3.63) is 53.1 Å². The molecule has 1 aliphatic heterocycles. The summed E-state index contributed by atoms with van der Waals surface area (Å²) in [7, 11) is 0. The molecule has 0 unspecified atom stereocenters. The fraction of sp³-hybridized carbons (Fsp3) is 0.381. The monoisotopic (exact) mass is 387 g/mol. The number of amides is 1. The van der Waals surface area contributed by atoms with Gasteiger partial charge in [-0.3, -0.25) is 4.79 Å². The summed E-state index contributed by atoms with van der Waals surface area (Å²) in [6.07, 6.45) is 2.09. The van der Waals surface area contributed by atoms with Gasteiger partial charge in [0.25, 0.3) is 5.91 Å². The molecule has 0 aromatic heterocycles. The fourth-order valence-corrected chi connectivity index (χ4v) is 3.54. The van der Waals surface area contributed by atoms with Crippen LogP contribution in [-0.4, -0.2) is 43.6 Å². The number of hydrogen-bond donors (Lipinski definition) is 1. The SMILES string of the molecule is CCCCOc1cccc(C(=O)N2CCN(c3c(N)cccc3Cl)CC2)c1. The van der Waals surface area contributed by atoms with Crippen molar-refractivity contribution in [2.24, 2.45) is 0 Å². The molecule has 1 amide bonds. The maximum absolute atomic E-state index is 12.9. The Morgan fingerprint density at radius 1 is 1.15 bits per heavy atom. The summed E-state index contributed by atoms with van der Waals surface area (Å²) in [5.74, 6) is 0.777. The van der Waals surface area contributed by atoms with Crippen molar-refractivity contribution in [3.8, 4) is 5.75 Å². The van der Waals surface area contributed by atoms with Gasteiger partial charge in [-0.1, -0.05) is 37.1 Å². The van der Waals surface area contributed by atoms with E-state index in [1.165, 1.54) is 0 Å². The lowest BCUT2D eigenvalue weighted by molar-refractivity contribution is 0.0746. The second-order valence-corrected chi connectivity index (χ2v) is 7.09. The first kappa shape index (κ1) is 19.4. The summed E-state index contributed by atoms with van der Waals surface area (Å²) < 4.78 is 5.72. The number of halogens is 1. The molecule has 2 N–H and O–H groups in total. The molecule has 0 spiro atoms. The van der Waals surface area contributed by atoms with Gasteiger partial charge in [-0.05, 0) is 36.8 Å². The zero-order chi connectivity index (χ0) is 19.2. The van der Waals surface area contributed by atoms with Gasteiger partial charge in [0.1, 0.15) is 5.75 Å². The van der Waals surface area contributed by atoms with E-state index in [1.807, 2.05) is 47.4 Å². The second-order valence-electron chi connectivity index (χ2n) is 6.69. The van der Waals surface area contributed by atoms with Crippen molar-refractivity contribution in [1.82, 2.24) is 4.90 Å². The Morgan fingerprint density at radius 3 is 2.59 bits per heavy atom. The number of piperazine rings is 1. The lowest BCUT2D eigenvalue weighted by Crippen LogP contribution is -2.49. The smallest absolute Gasteiger partial charge is 0.254 e. The van der Waals surface area contributed by atoms with Crippen LogP contribution in [-0.2, 0) is 0 Å². The number of ether oxygens (including phenoxy) is 1. The normalized spacial score (nSPS) is 14.3. The van der Waals surface area contributed by atoms with E-state index in [0.29, 0.717) is 49.1 Å². The first-order chi connectivity index (χ1) is 13.1. The minimum atomic E-state index is 0.0303. The van der Waals surface area contributed by atoms with Crippen LogP contribution in [0.3, 0.4) is 0 Å². The molecule has 1 saturated heterocycles. The predicted molar refractivity (Wildman–Crippen MR) is 111 cm³/mol. The molecule has 1 aliphatic rings. The van der Waals surface area contributed by atoms with E-state index in [2.05, 4.69) is 11.8 Å². The molecular weight excluding hydrogens is 362 g/mol. The predicted octanol–water partition coefficient (Wildman–Crippen LogP) is 4.06. The van der Waals surface area contributed by atoms with Gasteiger partial charge < -0.3 is 20.3 Å². The number of nitrogens with zero attached hydrogens (tertiary/aromatic N) is 2. The average molecular weight is 388 g/mol. The van der Waals surface area contributed by atoms with Crippen molar-refractivity contribution in [3.63, 3.8) is 0 Å². The minimum absolute atomic E-state index is 0.0303. The minimum Gasteiger partial charge on any atom is -0.494 e. The van der Waals surface area contributed by atoms with Gasteiger partial charge >= 0.3 is 0 Å². The van der Waals surface area contributed by atoms with Crippen LogP contribution in [0, 0.1) is 0 Å². The second kappa shape index (κ2) is 9.00. The summed E-state index contributed by atoms with van der Waals surface area (Å²) in [5, 5.41) is 0.645. The van der Waals surface area contributed by atoms with Gasteiger partial charge in [-0.25, -0.2) is 0 Å². The molecule has 0 bridgehead atoms. The van der Waals surface area contributed by atoms with Gasteiger partial charge in [-0.2, -0.15) is 0 Å². The average Bonchev–Trinajstić information content (AvgIpc) is 2.68. The molecule has 6 heteroatoms. The number of hydrogen-bond acceptors (Lipinski definition) is 4. The first-order valence-corrected chi connectivity index (χ1v) is 9.79. The van der Waals surface area contributed by atoms with Crippen LogP contribution in [0.15, 0.2) is 42.5 Å². The molecule has 1 heterocycles. The van der Waals surface area contributed by atoms with Crippen LogP contribution in [0.4, 0.5) is 11.4 Å². The number of carbonyl (C=O) groups is 1. The van der Waals surface area contributed by atoms with E-state index in [9.17, 15) is 4.79 Å². The third-order valence-corrected chi connectivity index (χ3v) is 5.05. The summed E-state index contributed by atoms with van der Waals surface area (Å²) in [6.45, 7) is 5.46. The summed E-state index contributed by atoms with van der Waals surface area (Å²) in [4.78, 5) is 16.9. The van der Waals surface area contributed by atoms with Crippen molar-refractivity contribution in [2.75, 3.05) is 43.4 Å². The van der Waals surface area contributed by atoms with Crippen LogP contribution >= 0.6 is 11.6 Å². The number of nitrogen functional groups attached to an aromatic ring is 1. The molecule has 3 rings (SSSR count). The molecule has 0 aliphatic carbocycles. The highest BCUT2D eigenvalue weighted by atomic mass is 35.5. The van der Waals surface area contributed by atoms with Crippen molar-refractivity contribution < 1.29 is 9.53 Å². The number of anilines is 2. The van der Waals surface area contributed by atoms with Crippen LogP contribution in [0.2, 0.25) is 5.02 Å². The molecule has 0 saturated carbocycles. The maximum atomic E-state index is 12.9. The van der Waals surface area contributed by atoms with Crippen LogP contribution < -0.4 is 15.4 Å².